The Bertz CT molecular complexity index is 490. The standard InChI is InChI=1S/C17H25BrN2O/c1-14-4-5-15(2)16(12-14)13-17(21)20-8-3-7-19(9-6-18)10-11-20/h4-5,12H,3,6-11,13H2,1-2H3. The molecular formula is C17H25BrN2O. The summed E-state index contributed by atoms with van der Waals surface area (Å²) < 4.78 is 0. The van der Waals surface area contributed by atoms with E-state index in [0.29, 0.717) is 6.42 Å². The lowest BCUT2D eigenvalue weighted by Gasteiger charge is -2.22. The van der Waals surface area contributed by atoms with Gasteiger partial charge in [-0.05, 0) is 37.9 Å². The summed E-state index contributed by atoms with van der Waals surface area (Å²) in [5.41, 5.74) is 3.61. The summed E-state index contributed by atoms with van der Waals surface area (Å²) in [6.07, 6.45) is 1.61. The minimum absolute atomic E-state index is 0.268. The van der Waals surface area contributed by atoms with Crippen molar-refractivity contribution in [2.45, 2.75) is 26.7 Å². The molecule has 116 valence electrons. The smallest absolute Gasteiger partial charge is 0.227 e. The van der Waals surface area contributed by atoms with Crippen molar-refractivity contribution in [1.82, 2.24) is 9.80 Å². The van der Waals surface area contributed by atoms with Crippen molar-refractivity contribution >= 4 is 21.8 Å². The third-order valence-electron chi connectivity index (χ3n) is 4.19. The summed E-state index contributed by atoms with van der Waals surface area (Å²) in [6, 6.07) is 6.35. The summed E-state index contributed by atoms with van der Waals surface area (Å²) in [5, 5.41) is 1.00. The topological polar surface area (TPSA) is 23.6 Å². The SMILES string of the molecule is Cc1ccc(C)c(CC(=O)N2CCCN(CCBr)CC2)c1. The summed E-state index contributed by atoms with van der Waals surface area (Å²) in [5.74, 6) is 0.268. The van der Waals surface area contributed by atoms with Crippen LogP contribution in [0.15, 0.2) is 18.2 Å². The van der Waals surface area contributed by atoms with Crippen LogP contribution < -0.4 is 0 Å². The Labute approximate surface area is 136 Å². The molecule has 0 aliphatic carbocycles. The molecule has 1 saturated heterocycles. The summed E-state index contributed by atoms with van der Waals surface area (Å²) in [4.78, 5) is 17.0. The predicted octanol–water partition coefficient (Wildman–Crippen LogP) is 2.78. The summed E-state index contributed by atoms with van der Waals surface area (Å²) in [6.45, 7) is 9.07. The van der Waals surface area contributed by atoms with Gasteiger partial charge in [0.15, 0.2) is 0 Å². The maximum atomic E-state index is 12.5. The molecule has 0 N–H and O–H groups in total. The maximum absolute atomic E-state index is 12.5. The van der Waals surface area contributed by atoms with Crippen LogP contribution in [0.5, 0.6) is 0 Å². The van der Waals surface area contributed by atoms with E-state index in [1.165, 1.54) is 16.7 Å². The number of carbonyl (C=O) groups is 1. The molecule has 1 aromatic carbocycles. The average molecular weight is 353 g/mol. The van der Waals surface area contributed by atoms with E-state index in [-0.39, 0.29) is 5.91 Å². The first kappa shape index (κ1) is 16.5. The number of nitrogens with zero attached hydrogens (tertiary/aromatic N) is 2. The molecule has 0 saturated carbocycles. The van der Waals surface area contributed by atoms with E-state index >= 15 is 0 Å². The second-order valence-corrected chi connectivity index (χ2v) is 6.66. The van der Waals surface area contributed by atoms with E-state index in [4.69, 9.17) is 0 Å². The van der Waals surface area contributed by atoms with Gasteiger partial charge in [0.2, 0.25) is 5.91 Å². The lowest BCUT2D eigenvalue weighted by atomic mass is 10.0. The van der Waals surface area contributed by atoms with Crippen LogP contribution in [0.3, 0.4) is 0 Å². The van der Waals surface area contributed by atoms with Crippen molar-refractivity contribution in [1.29, 1.82) is 0 Å². The lowest BCUT2D eigenvalue weighted by Crippen LogP contribution is -2.36. The zero-order chi connectivity index (χ0) is 15.2. The number of hydrogen-bond donors (Lipinski definition) is 0. The van der Waals surface area contributed by atoms with Gasteiger partial charge in [-0.25, -0.2) is 0 Å². The van der Waals surface area contributed by atoms with Gasteiger partial charge in [-0.2, -0.15) is 0 Å². The largest absolute Gasteiger partial charge is 0.341 e. The zero-order valence-electron chi connectivity index (χ0n) is 13.1. The molecular weight excluding hydrogens is 328 g/mol. The first-order chi connectivity index (χ1) is 10.1. The molecule has 1 aliphatic rings. The van der Waals surface area contributed by atoms with Crippen LogP contribution >= 0.6 is 15.9 Å². The minimum Gasteiger partial charge on any atom is -0.341 e. The summed E-state index contributed by atoms with van der Waals surface area (Å²) >= 11 is 3.49. The maximum Gasteiger partial charge on any atom is 0.227 e. The Balaban J connectivity index is 1.95. The first-order valence-electron chi connectivity index (χ1n) is 7.72. The highest BCUT2D eigenvalue weighted by Crippen LogP contribution is 2.13. The van der Waals surface area contributed by atoms with E-state index in [1.54, 1.807) is 0 Å². The quantitative estimate of drug-likeness (QED) is 0.778. The highest BCUT2D eigenvalue weighted by molar-refractivity contribution is 9.09. The summed E-state index contributed by atoms with van der Waals surface area (Å²) in [7, 11) is 0. The van der Waals surface area contributed by atoms with Crippen molar-refractivity contribution in [3.63, 3.8) is 0 Å². The molecule has 0 radical (unpaired) electrons. The second-order valence-electron chi connectivity index (χ2n) is 5.87. The van der Waals surface area contributed by atoms with Crippen molar-refractivity contribution in [2.75, 3.05) is 38.1 Å². The normalized spacial score (nSPS) is 16.8. The molecule has 0 aromatic heterocycles. The molecule has 1 aliphatic heterocycles. The van der Waals surface area contributed by atoms with Crippen LogP contribution in [0.25, 0.3) is 0 Å². The van der Waals surface area contributed by atoms with Gasteiger partial charge >= 0.3 is 0 Å². The molecule has 2 rings (SSSR count). The van der Waals surface area contributed by atoms with Crippen LogP contribution in [0.2, 0.25) is 0 Å². The molecule has 0 atom stereocenters. The number of halogens is 1. The van der Waals surface area contributed by atoms with Gasteiger partial charge in [-0.15, -0.1) is 0 Å². The molecule has 0 unspecified atom stereocenters. The van der Waals surface area contributed by atoms with Gasteiger partial charge in [0.1, 0.15) is 0 Å². The highest BCUT2D eigenvalue weighted by atomic mass is 79.9. The second kappa shape index (κ2) is 7.95. The number of alkyl halides is 1. The number of carbonyl (C=O) groups excluding carboxylic acids is 1. The molecule has 0 spiro atoms. The van der Waals surface area contributed by atoms with E-state index in [1.807, 2.05) is 4.90 Å². The number of rotatable bonds is 4. The van der Waals surface area contributed by atoms with E-state index in [9.17, 15) is 4.79 Å². The molecule has 4 heteroatoms. The number of hydrogen-bond acceptors (Lipinski definition) is 2. The van der Waals surface area contributed by atoms with Crippen LogP contribution in [0, 0.1) is 13.8 Å². The molecule has 1 fully saturated rings. The van der Waals surface area contributed by atoms with E-state index in [2.05, 4.69) is 52.9 Å². The fourth-order valence-corrected chi connectivity index (χ4v) is 3.33. The van der Waals surface area contributed by atoms with Crippen molar-refractivity contribution in [2.24, 2.45) is 0 Å². The Morgan fingerprint density at radius 3 is 2.76 bits per heavy atom. The fraction of sp³-hybridized carbons (Fsp3) is 0.588. The van der Waals surface area contributed by atoms with E-state index in [0.717, 1.165) is 44.5 Å². The number of aryl methyl sites for hydroxylation is 2. The number of benzene rings is 1. The Hall–Kier alpha value is -0.870. The van der Waals surface area contributed by atoms with E-state index < -0.39 is 0 Å². The van der Waals surface area contributed by atoms with Gasteiger partial charge < -0.3 is 9.80 Å². The highest BCUT2D eigenvalue weighted by Gasteiger charge is 2.19. The molecule has 1 amide bonds. The third-order valence-corrected chi connectivity index (χ3v) is 4.54. The third kappa shape index (κ3) is 4.82. The van der Waals surface area contributed by atoms with Gasteiger partial charge in [0.05, 0.1) is 6.42 Å². The van der Waals surface area contributed by atoms with Crippen LogP contribution in [0.1, 0.15) is 23.1 Å². The van der Waals surface area contributed by atoms with Gasteiger partial charge in [-0.1, -0.05) is 39.7 Å². The van der Waals surface area contributed by atoms with Gasteiger partial charge in [-0.3, -0.25) is 4.79 Å². The van der Waals surface area contributed by atoms with Crippen molar-refractivity contribution in [3.8, 4) is 0 Å². The first-order valence-corrected chi connectivity index (χ1v) is 8.84. The molecule has 3 nitrogen and oxygen atoms in total. The number of amides is 1. The van der Waals surface area contributed by atoms with Crippen LogP contribution in [0.4, 0.5) is 0 Å². The van der Waals surface area contributed by atoms with Gasteiger partial charge in [0, 0.05) is 31.5 Å². The van der Waals surface area contributed by atoms with Crippen molar-refractivity contribution in [3.05, 3.63) is 34.9 Å². The molecule has 1 aromatic rings. The molecule has 21 heavy (non-hydrogen) atoms. The van der Waals surface area contributed by atoms with Crippen LogP contribution in [-0.2, 0) is 11.2 Å². The zero-order valence-corrected chi connectivity index (χ0v) is 14.7. The Morgan fingerprint density at radius 1 is 1.19 bits per heavy atom. The average Bonchev–Trinajstić information content (AvgIpc) is 2.69. The Morgan fingerprint density at radius 2 is 2.00 bits per heavy atom. The van der Waals surface area contributed by atoms with Crippen LogP contribution in [-0.4, -0.2) is 53.8 Å². The van der Waals surface area contributed by atoms with Crippen molar-refractivity contribution < 1.29 is 4.79 Å². The fourth-order valence-electron chi connectivity index (χ4n) is 2.83. The van der Waals surface area contributed by atoms with Gasteiger partial charge in [0.25, 0.3) is 0 Å². The monoisotopic (exact) mass is 352 g/mol. The predicted molar refractivity (Wildman–Crippen MR) is 91.1 cm³/mol. The molecule has 1 heterocycles. The minimum atomic E-state index is 0.268. The Kier molecular flexibility index (Phi) is 6.24. The molecule has 0 bridgehead atoms. The lowest BCUT2D eigenvalue weighted by molar-refractivity contribution is -0.130.